The molecule has 0 aliphatic rings. The molecule has 30 heavy (non-hydrogen) atoms. The number of methoxy groups -OCH3 is 2. The summed E-state index contributed by atoms with van der Waals surface area (Å²) < 4.78 is 10.4. The molecule has 0 fully saturated rings. The fraction of sp³-hybridized carbons (Fsp3) is 0.150. The van der Waals surface area contributed by atoms with Gasteiger partial charge in [-0.15, -0.1) is 0 Å². The van der Waals surface area contributed by atoms with Crippen LogP contribution in [0.4, 0.5) is 17.3 Å². The van der Waals surface area contributed by atoms with Crippen LogP contribution < -0.4 is 20.1 Å². The molecule has 9 nitrogen and oxygen atoms in total. The van der Waals surface area contributed by atoms with Crippen LogP contribution in [0.5, 0.6) is 17.2 Å². The Morgan fingerprint density at radius 3 is 2.53 bits per heavy atom. The Morgan fingerprint density at radius 2 is 1.83 bits per heavy atom. The third-order valence-electron chi connectivity index (χ3n) is 4.44. The molecule has 2 aromatic heterocycles. The molecule has 0 aliphatic carbocycles. The summed E-state index contributed by atoms with van der Waals surface area (Å²) in [5.74, 6) is 1.75. The second-order valence-corrected chi connectivity index (χ2v) is 6.79. The number of nitrogens with one attached hydrogen (secondary N) is 3. The van der Waals surface area contributed by atoms with E-state index in [2.05, 4.69) is 30.8 Å². The molecular weight excluding hydrogens is 408 g/mol. The number of rotatable bonds is 7. The van der Waals surface area contributed by atoms with E-state index in [-0.39, 0.29) is 5.75 Å². The van der Waals surface area contributed by atoms with E-state index in [0.717, 1.165) is 11.3 Å². The van der Waals surface area contributed by atoms with Crippen molar-refractivity contribution < 1.29 is 14.6 Å². The highest BCUT2D eigenvalue weighted by molar-refractivity contribution is 6.30. The minimum Gasteiger partial charge on any atom is -0.502 e. The Kier molecular flexibility index (Phi) is 5.44. The van der Waals surface area contributed by atoms with E-state index in [4.69, 9.17) is 21.1 Å². The number of H-pyrrole nitrogens is 1. The van der Waals surface area contributed by atoms with Crippen molar-refractivity contribution >= 4 is 40.0 Å². The van der Waals surface area contributed by atoms with Crippen molar-refractivity contribution in [1.82, 2.24) is 20.2 Å². The summed E-state index contributed by atoms with van der Waals surface area (Å²) in [5.41, 5.74) is 2.21. The number of aromatic hydroxyl groups is 1. The third-order valence-corrected chi connectivity index (χ3v) is 4.68. The Labute approximate surface area is 177 Å². The zero-order chi connectivity index (χ0) is 21.1. The second-order valence-electron chi connectivity index (χ2n) is 6.36. The number of ether oxygens (including phenoxy) is 2. The average Bonchev–Trinajstić information content (AvgIpc) is 3.17. The van der Waals surface area contributed by atoms with Gasteiger partial charge in [-0.25, -0.2) is 9.97 Å². The van der Waals surface area contributed by atoms with Crippen molar-refractivity contribution in [1.29, 1.82) is 0 Å². The summed E-state index contributed by atoms with van der Waals surface area (Å²) in [6.45, 7) is 0.401. The maximum Gasteiger partial charge on any atom is 0.200 e. The summed E-state index contributed by atoms with van der Waals surface area (Å²) in [6.07, 6.45) is 1.45. The third kappa shape index (κ3) is 3.87. The van der Waals surface area contributed by atoms with Gasteiger partial charge in [-0.1, -0.05) is 17.7 Å². The first kappa shape index (κ1) is 19.6. The average molecular weight is 427 g/mol. The first-order valence-electron chi connectivity index (χ1n) is 8.98. The van der Waals surface area contributed by atoms with E-state index in [9.17, 15) is 5.11 Å². The number of phenolic OH excluding ortho intramolecular Hbond substituents is 1. The van der Waals surface area contributed by atoms with Gasteiger partial charge in [-0.05, 0) is 35.9 Å². The van der Waals surface area contributed by atoms with Gasteiger partial charge in [0.15, 0.2) is 23.0 Å². The lowest BCUT2D eigenvalue weighted by molar-refractivity contribution is 0.339. The van der Waals surface area contributed by atoms with Gasteiger partial charge in [0.2, 0.25) is 5.75 Å². The van der Waals surface area contributed by atoms with Gasteiger partial charge in [0.1, 0.15) is 17.5 Å². The number of benzene rings is 2. The number of halogens is 1. The van der Waals surface area contributed by atoms with Crippen molar-refractivity contribution in [3.8, 4) is 17.2 Å². The molecule has 0 saturated heterocycles. The quantitative estimate of drug-likeness (QED) is 0.349. The minimum atomic E-state index is -0.0459. The van der Waals surface area contributed by atoms with Gasteiger partial charge >= 0.3 is 0 Å². The molecule has 0 unspecified atom stereocenters. The SMILES string of the molecule is COc1cc(CNc2n[nH]c3ncnc(Nc4cccc(Cl)c4)c23)cc(OC)c1O. The molecule has 4 N–H and O–H groups in total. The normalized spacial score (nSPS) is 10.8. The molecule has 0 bridgehead atoms. The highest BCUT2D eigenvalue weighted by Crippen LogP contribution is 2.37. The number of phenols is 1. The number of fused-ring (bicyclic) bond motifs is 1. The fourth-order valence-corrected chi connectivity index (χ4v) is 3.21. The van der Waals surface area contributed by atoms with E-state index in [1.54, 1.807) is 24.3 Å². The number of hydrogen-bond acceptors (Lipinski definition) is 8. The molecule has 4 rings (SSSR count). The summed E-state index contributed by atoms with van der Waals surface area (Å²) in [5, 5.41) is 25.1. The van der Waals surface area contributed by atoms with Crippen LogP contribution in [0.3, 0.4) is 0 Å². The van der Waals surface area contributed by atoms with Gasteiger partial charge in [0.25, 0.3) is 0 Å². The predicted molar refractivity (Wildman–Crippen MR) is 115 cm³/mol. The standard InChI is InChI=1S/C20H19ClN6O3/c1-29-14-6-11(7-15(30-2)17(14)28)9-22-19-16-18(23-10-24-20(16)27-26-19)25-13-5-3-4-12(21)8-13/h3-8,10,28H,9H2,1-2H3,(H3,22,23,24,25,26,27). The smallest absolute Gasteiger partial charge is 0.200 e. The molecule has 0 atom stereocenters. The first-order chi connectivity index (χ1) is 14.6. The Balaban J connectivity index is 1.63. The van der Waals surface area contributed by atoms with Crippen LogP contribution in [0, 0.1) is 0 Å². The topological polar surface area (TPSA) is 117 Å². The molecule has 0 radical (unpaired) electrons. The number of aromatic nitrogens is 4. The highest BCUT2D eigenvalue weighted by atomic mass is 35.5. The lowest BCUT2D eigenvalue weighted by Gasteiger charge is -2.12. The second kappa shape index (κ2) is 8.34. The molecule has 154 valence electrons. The summed E-state index contributed by atoms with van der Waals surface area (Å²) >= 11 is 6.08. The van der Waals surface area contributed by atoms with Crippen LogP contribution in [-0.4, -0.2) is 39.5 Å². The van der Waals surface area contributed by atoms with Gasteiger partial charge in [0, 0.05) is 17.3 Å². The zero-order valence-electron chi connectivity index (χ0n) is 16.2. The van der Waals surface area contributed by atoms with E-state index in [0.29, 0.717) is 45.7 Å². The van der Waals surface area contributed by atoms with Gasteiger partial charge < -0.3 is 25.2 Å². The molecule has 2 heterocycles. The monoisotopic (exact) mass is 426 g/mol. The molecule has 0 aliphatic heterocycles. The number of aromatic amines is 1. The van der Waals surface area contributed by atoms with Crippen LogP contribution in [0.2, 0.25) is 5.02 Å². The van der Waals surface area contributed by atoms with Crippen LogP contribution in [0.15, 0.2) is 42.7 Å². The van der Waals surface area contributed by atoms with Crippen LogP contribution in [0.1, 0.15) is 5.56 Å². The largest absolute Gasteiger partial charge is 0.502 e. The van der Waals surface area contributed by atoms with Crippen molar-refractivity contribution in [2.45, 2.75) is 6.54 Å². The molecule has 10 heteroatoms. The Bertz CT molecular complexity index is 1170. The van der Waals surface area contributed by atoms with Crippen molar-refractivity contribution in [3.63, 3.8) is 0 Å². The first-order valence-corrected chi connectivity index (χ1v) is 9.36. The number of nitrogens with zero attached hydrogens (tertiary/aromatic N) is 3. The highest BCUT2D eigenvalue weighted by Gasteiger charge is 2.15. The van der Waals surface area contributed by atoms with Crippen LogP contribution in [-0.2, 0) is 6.54 Å². The molecular formula is C20H19ClN6O3. The summed E-state index contributed by atoms with van der Waals surface area (Å²) in [4.78, 5) is 8.58. The van der Waals surface area contributed by atoms with Gasteiger partial charge in [0.05, 0.1) is 14.2 Å². The maximum absolute atomic E-state index is 10.1. The van der Waals surface area contributed by atoms with Crippen LogP contribution in [0.25, 0.3) is 11.0 Å². The van der Waals surface area contributed by atoms with Gasteiger partial charge in [-0.3, -0.25) is 5.10 Å². The number of anilines is 3. The van der Waals surface area contributed by atoms with Crippen molar-refractivity contribution in [2.75, 3.05) is 24.9 Å². The molecule has 0 saturated carbocycles. The Hall–Kier alpha value is -3.72. The predicted octanol–water partition coefficient (Wildman–Crippen LogP) is 4.08. The van der Waals surface area contributed by atoms with Crippen molar-refractivity contribution in [3.05, 3.63) is 53.3 Å². The zero-order valence-corrected chi connectivity index (χ0v) is 17.0. The molecule has 0 spiro atoms. The summed E-state index contributed by atoms with van der Waals surface area (Å²) in [7, 11) is 2.97. The Morgan fingerprint density at radius 1 is 1.07 bits per heavy atom. The van der Waals surface area contributed by atoms with Crippen LogP contribution >= 0.6 is 11.6 Å². The molecule has 2 aromatic carbocycles. The molecule has 4 aromatic rings. The minimum absolute atomic E-state index is 0.0459. The van der Waals surface area contributed by atoms with E-state index < -0.39 is 0 Å². The lowest BCUT2D eigenvalue weighted by atomic mass is 10.1. The lowest BCUT2D eigenvalue weighted by Crippen LogP contribution is -2.03. The van der Waals surface area contributed by atoms with Gasteiger partial charge in [-0.2, -0.15) is 5.10 Å². The van der Waals surface area contributed by atoms with E-state index >= 15 is 0 Å². The van der Waals surface area contributed by atoms with E-state index in [1.165, 1.54) is 20.5 Å². The summed E-state index contributed by atoms with van der Waals surface area (Å²) in [6, 6.07) is 10.8. The van der Waals surface area contributed by atoms with Crippen molar-refractivity contribution in [2.24, 2.45) is 0 Å². The molecule has 0 amide bonds. The maximum atomic E-state index is 10.1. The number of hydrogen-bond donors (Lipinski definition) is 4. The fourth-order valence-electron chi connectivity index (χ4n) is 3.02. The van der Waals surface area contributed by atoms with E-state index in [1.807, 2.05) is 12.1 Å².